The Morgan fingerprint density at radius 3 is 2.65 bits per heavy atom. The summed E-state index contributed by atoms with van der Waals surface area (Å²) < 4.78 is 16.1. The minimum absolute atomic E-state index is 0.168. The van der Waals surface area contributed by atoms with E-state index in [2.05, 4.69) is 15.0 Å². The van der Waals surface area contributed by atoms with Gasteiger partial charge in [0.2, 0.25) is 5.96 Å². The molecule has 0 bridgehead atoms. The van der Waals surface area contributed by atoms with Crippen LogP contribution in [0.4, 0.5) is 15.8 Å². The summed E-state index contributed by atoms with van der Waals surface area (Å²) >= 11 is 1.15. The van der Waals surface area contributed by atoms with E-state index < -0.39 is 5.82 Å². The summed E-state index contributed by atoms with van der Waals surface area (Å²) in [6.07, 6.45) is 0. The van der Waals surface area contributed by atoms with Crippen molar-refractivity contribution in [2.45, 2.75) is 4.90 Å². The summed E-state index contributed by atoms with van der Waals surface area (Å²) in [7, 11) is 0. The molecule has 0 aliphatic carbocycles. The minimum Gasteiger partial charge on any atom is -0.508 e. The van der Waals surface area contributed by atoms with Crippen LogP contribution in [0.15, 0.2) is 46.3 Å². The third kappa shape index (κ3) is 2.48. The highest BCUT2D eigenvalue weighted by Crippen LogP contribution is 2.39. The molecule has 0 amide bonds. The predicted octanol–water partition coefficient (Wildman–Crippen LogP) is 2.95. The first-order chi connectivity index (χ1) is 9.61. The number of halogens is 1. The fraction of sp³-hybridized carbons (Fsp3) is 0. The van der Waals surface area contributed by atoms with Gasteiger partial charge in [0, 0.05) is 11.8 Å². The Kier molecular flexibility index (Phi) is 3.11. The number of nitrogens with one attached hydrogen (secondary N) is 2. The molecule has 0 saturated heterocycles. The van der Waals surface area contributed by atoms with E-state index in [1.807, 2.05) is 0 Å². The SMILES string of the molecule is Oc1ccc(NC2=Nc3c(O)cc(F)cc3SN2)cc1. The van der Waals surface area contributed by atoms with Crippen LogP contribution < -0.4 is 10.0 Å². The molecule has 0 aromatic heterocycles. The number of hydrogen-bond donors (Lipinski definition) is 4. The zero-order valence-electron chi connectivity index (χ0n) is 10.1. The second-order valence-corrected chi connectivity index (χ2v) is 4.96. The van der Waals surface area contributed by atoms with Crippen molar-refractivity contribution < 1.29 is 14.6 Å². The topological polar surface area (TPSA) is 76.9 Å². The van der Waals surface area contributed by atoms with E-state index in [0.29, 0.717) is 16.5 Å². The van der Waals surface area contributed by atoms with Gasteiger partial charge in [-0.15, -0.1) is 0 Å². The molecule has 1 aliphatic heterocycles. The molecule has 0 saturated carbocycles. The summed E-state index contributed by atoms with van der Waals surface area (Å²) in [6, 6.07) is 8.77. The van der Waals surface area contributed by atoms with E-state index >= 15 is 0 Å². The molecule has 2 aromatic carbocycles. The Hall–Kier alpha value is -2.41. The Bertz CT molecular complexity index is 689. The lowest BCUT2D eigenvalue weighted by atomic mass is 10.3. The molecular formula is C13H10FN3O2S. The van der Waals surface area contributed by atoms with Crippen molar-refractivity contribution in [2.75, 3.05) is 5.32 Å². The quantitative estimate of drug-likeness (QED) is 0.480. The number of hydrogen-bond acceptors (Lipinski definition) is 6. The predicted molar refractivity (Wildman–Crippen MR) is 75.9 cm³/mol. The number of phenols is 2. The number of nitrogens with zero attached hydrogens (tertiary/aromatic N) is 1. The van der Waals surface area contributed by atoms with Gasteiger partial charge < -0.3 is 15.5 Å². The lowest BCUT2D eigenvalue weighted by Crippen LogP contribution is -2.26. The third-order valence-electron chi connectivity index (χ3n) is 2.63. The Morgan fingerprint density at radius 1 is 1.15 bits per heavy atom. The van der Waals surface area contributed by atoms with Gasteiger partial charge >= 0.3 is 0 Å². The maximum Gasteiger partial charge on any atom is 0.211 e. The van der Waals surface area contributed by atoms with E-state index in [0.717, 1.165) is 23.7 Å². The van der Waals surface area contributed by atoms with Crippen molar-refractivity contribution >= 4 is 29.3 Å². The molecule has 20 heavy (non-hydrogen) atoms. The third-order valence-corrected chi connectivity index (χ3v) is 3.46. The lowest BCUT2D eigenvalue weighted by molar-refractivity contribution is 0.468. The number of guanidine groups is 1. The second-order valence-electron chi connectivity index (χ2n) is 4.11. The number of rotatable bonds is 1. The van der Waals surface area contributed by atoms with E-state index in [-0.39, 0.29) is 11.5 Å². The number of phenolic OH excluding ortho intramolecular Hbond substituents is 2. The van der Waals surface area contributed by atoms with Gasteiger partial charge in [0.15, 0.2) is 0 Å². The van der Waals surface area contributed by atoms with Crippen LogP contribution in [-0.4, -0.2) is 16.2 Å². The highest BCUT2D eigenvalue weighted by atomic mass is 32.2. The molecule has 0 atom stereocenters. The summed E-state index contributed by atoms with van der Waals surface area (Å²) in [6.45, 7) is 0. The van der Waals surface area contributed by atoms with Gasteiger partial charge in [-0.3, -0.25) is 4.72 Å². The first-order valence-corrected chi connectivity index (χ1v) is 6.53. The summed E-state index contributed by atoms with van der Waals surface area (Å²) in [5, 5.41) is 21.9. The normalized spacial score (nSPS) is 13.2. The van der Waals surface area contributed by atoms with Crippen LogP contribution in [0, 0.1) is 5.82 Å². The fourth-order valence-corrected chi connectivity index (χ4v) is 2.45. The van der Waals surface area contributed by atoms with Crippen molar-refractivity contribution in [1.29, 1.82) is 0 Å². The van der Waals surface area contributed by atoms with Gasteiger partial charge in [0.25, 0.3) is 0 Å². The molecule has 4 N–H and O–H groups in total. The minimum atomic E-state index is -0.513. The smallest absolute Gasteiger partial charge is 0.211 e. The molecule has 0 unspecified atom stereocenters. The fourth-order valence-electron chi connectivity index (χ4n) is 1.72. The molecule has 3 rings (SSSR count). The Balaban J connectivity index is 1.89. The van der Waals surface area contributed by atoms with Gasteiger partial charge in [0.05, 0.1) is 4.90 Å². The maximum atomic E-state index is 13.1. The van der Waals surface area contributed by atoms with E-state index in [4.69, 9.17) is 0 Å². The van der Waals surface area contributed by atoms with E-state index in [1.54, 1.807) is 24.3 Å². The van der Waals surface area contributed by atoms with Crippen molar-refractivity contribution in [3.8, 4) is 11.5 Å². The molecule has 102 valence electrons. The average Bonchev–Trinajstić information content (AvgIpc) is 2.42. The van der Waals surface area contributed by atoms with Crippen molar-refractivity contribution in [3.05, 3.63) is 42.2 Å². The van der Waals surface area contributed by atoms with Gasteiger partial charge in [-0.05, 0) is 42.3 Å². The standard InChI is InChI=1S/C13H10FN3O2S/c14-7-5-10(19)12-11(6-7)20-17-13(16-12)15-8-1-3-9(18)4-2-8/h1-6,18-19H,(H2,15,16,17). The molecular weight excluding hydrogens is 281 g/mol. The van der Waals surface area contributed by atoms with Crippen LogP contribution in [0.25, 0.3) is 0 Å². The van der Waals surface area contributed by atoms with Crippen molar-refractivity contribution in [3.63, 3.8) is 0 Å². The molecule has 2 aromatic rings. The van der Waals surface area contributed by atoms with Gasteiger partial charge in [-0.2, -0.15) is 0 Å². The highest BCUT2D eigenvalue weighted by molar-refractivity contribution is 7.98. The van der Waals surface area contributed by atoms with Gasteiger partial charge in [-0.25, -0.2) is 9.38 Å². The molecule has 0 fully saturated rings. The highest BCUT2D eigenvalue weighted by Gasteiger charge is 2.17. The first-order valence-electron chi connectivity index (χ1n) is 5.72. The van der Waals surface area contributed by atoms with Crippen LogP contribution in [0.2, 0.25) is 0 Å². The summed E-state index contributed by atoms with van der Waals surface area (Å²) in [4.78, 5) is 4.71. The van der Waals surface area contributed by atoms with Gasteiger partial charge in [0.1, 0.15) is 23.0 Å². The van der Waals surface area contributed by atoms with E-state index in [9.17, 15) is 14.6 Å². The molecule has 5 nitrogen and oxygen atoms in total. The van der Waals surface area contributed by atoms with E-state index in [1.165, 1.54) is 6.07 Å². The van der Waals surface area contributed by atoms with Crippen LogP contribution in [-0.2, 0) is 0 Å². The molecule has 7 heteroatoms. The van der Waals surface area contributed by atoms with Gasteiger partial charge in [-0.1, -0.05) is 0 Å². The Morgan fingerprint density at radius 2 is 1.90 bits per heavy atom. The molecule has 0 radical (unpaired) electrons. The lowest BCUT2D eigenvalue weighted by Gasteiger charge is -2.18. The van der Waals surface area contributed by atoms with Crippen LogP contribution in [0.3, 0.4) is 0 Å². The van der Waals surface area contributed by atoms with Crippen LogP contribution in [0.1, 0.15) is 0 Å². The number of aliphatic imine (C=N–C) groups is 1. The first kappa shape index (κ1) is 12.6. The number of anilines is 1. The summed E-state index contributed by atoms with van der Waals surface area (Å²) in [5.41, 5.74) is 1.04. The Labute approximate surface area is 118 Å². The number of fused-ring (bicyclic) bond motifs is 1. The largest absolute Gasteiger partial charge is 0.508 e. The average molecular weight is 291 g/mol. The molecule has 0 spiro atoms. The summed E-state index contributed by atoms with van der Waals surface area (Å²) in [5.74, 6) is -0.142. The van der Waals surface area contributed by atoms with Crippen molar-refractivity contribution in [2.24, 2.45) is 4.99 Å². The molecule has 1 aliphatic rings. The van der Waals surface area contributed by atoms with Crippen LogP contribution in [0.5, 0.6) is 11.5 Å². The zero-order chi connectivity index (χ0) is 14.1. The van der Waals surface area contributed by atoms with Crippen LogP contribution >= 0.6 is 11.9 Å². The number of aromatic hydroxyl groups is 2. The number of benzene rings is 2. The zero-order valence-corrected chi connectivity index (χ0v) is 10.9. The second kappa shape index (κ2) is 4.93. The maximum absolute atomic E-state index is 13.1. The monoisotopic (exact) mass is 291 g/mol. The molecule has 1 heterocycles. The van der Waals surface area contributed by atoms with Crippen molar-refractivity contribution in [1.82, 2.24) is 4.72 Å².